The fourth-order valence-electron chi connectivity index (χ4n) is 1.98. The van der Waals surface area contributed by atoms with Crippen LogP contribution in [0.1, 0.15) is 19.8 Å². The SMILES string of the molecule is C=C(CNC1CC1)CN1CCSC(C)C1. The normalized spacial score (nSPS) is 27.9. The van der Waals surface area contributed by atoms with E-state index >= 15 is 0 Å². The highest BCUT2D eigenvalue weighted by atomic mass is 32.2. The monoisotopic (exact) mass is 226 g/mol. The van der Waals surface area contributed by atoms with Crippen molar-refractivity contribution in [3.8, 4) is 0 Å². The zero-order chi connectivity index (χ0) is 10.7. The van der Waals surface area contributed by atoms with Crippen molar-refractivity contribution in [2.24, 2.45) is 0 Å². The summed E-state index contributed by atoms with van der Waals surface area (Å²) in [5.41, 5.74) is 1.35. The van der Waals surface area contributed by atoms with Gasteiger partial charge in [0, 0.05) is 43.2 Å². The molecule has 1 unspecified atom stereocenters. The lowest BCUT2D eigenvalue weighted by Crippen LogP contribution is -2.39. The van der Waals surface area contributed by atoms with Gasteiger partial charge in [-0.15, -0.1) is 0 Å². The van der Waals surface area contributed by atoms with Crippen LogP contribution in [-0.2, 0) is 0 Å². The predicted molar refractivity (Wildman–Crippen MR) is 68.5 cm³/mol. The summed E-state index contributed by atoms with van der Waals surface area (Å²) in [5.74, 6) is 1.28. The van der Waals surface area contributed by atoms with E-state index in [2.05, 4.69) is 35.5 Å². The lowest BCUT2D eigenvalue weighted by Gasteiger charge is -2.31. The zero-order valence-electron chi connectivity index (χ0n) is 9.67. The Balaban J connectivity index is 1.63. The molecule has 2 fully saturated rings. The first-order valence-electron chi connectivity index (χ1n) is 5.98. The Hall–Kier alpha value is 0.0100. The molecule has 2 rings (SSSR count). The molecule has 0 aromatic rings. The predicted octanol–water partition coefficient (Wildman–Crippen LogP) is 1.73. The molecule has 15 heavy (non-hydrogen) atoms. The van der Waals surface area contributed by atoms with Crippen molar-refractivity contribution < 1.29 is 0 Å². The van der Waals surface area contributed by atoms with Crippen LogP contribution in [-0.4, -0.2) is 48.1 Å². The van der Waals surface area contributed by atoms with E-state index in [0.717, 1.165) is 24.4 Å². The maximum absolute atomic E-state index is 4.16. The van der Waals surface area contributed by atoms with E-state index in [1.807, 2.05) is 0 Å². The van der Waals surface area contributed by atoms with Gasteiger partial charge in [-0.25, -0.2) is 0 Å². The highest BCUT2D eigenvalue weighted by Gasteiger charge is 2.21. The van der Waals surface area contributed by atoms with Crippen LogP contribution >= 0.6 is 11.8 Å². The van der Waals surface area contributed by atoms with Crippen LogP contribution < -0.4 is 5.32 Å². The molecule has 1 heterocycles. The maximum atomic E-state index is 4.16. The summed E-state index contributed by atoms with van der Waals surface area (Å²) in [6.07, 6.45) is 2.73. The van der Waals surface area contributed by atoms with Crippen LogP contribution in [0.25, 0.3) is 0 Å². The maximum Gasteiger partial charge on any atom is 0.0203 e. The summed E-state index contributed by atoms with van der Waals surface area (Å²) in [7, 11) is 0. The summed E-state index contributed by atoms with van der Waals surface area (Å²) in [4.78, 5) is 2.54. The van der Waals surface area contributed by atoms with E-state index in [1.165, 1.54) is 37.3 Å². The van der Waals surface area contributed by atoms with Gasteiger partial charge in [0.15, 0.2) is 0 Å². The Morgan fingerprint density at radius 3 is 3.00 bits per heavy atom. The molecule has 2 nitrogen and oxygen atoms in total. The second kappa shape index (κ2) is 5.37. The smallest absolute Gasteiger partial charge is 0.0203 e. The number of hydrogen-bond acceptors (Lipinski definition) is 3. The van der Waals surface area contributed by atoms with E-state index in [4.69, 9.17) is 0 Å². The zero-order valence-corrected chi connectivity index (χ0v) is 10.5. The molecule has 2 aliphatic rings. The first-order valence-corrected chi connectivity index (χ1v) is 7.03. The number of thioether (sulfide) groups is 1. The molecule has 0 bridgehead atoms. The fraction of sp³-hybridized carbons (Fsp3) is 0.833. The number of nitrogens with one attached hydrogen (secondary N) is 1. The van der Waals surface area contributed by atoms with Gasteiger partial charge in [0.25, 0.3) is 0 Å². The average molecular weight is 226 g/mol. The molecule has 1 saturated carbocycles. The molecule has 1 N–H and O–H groups in total. The minimum atomic E-state index is 0.794. The van der Waals surface area contributed by atoms with Crippen molar-refractivity contribution in [2.75, 3.05) is 31.9 Å². The van der Waals surface area contributed by atoms with Gasteiger partial charge in [-0.1, -0.05) is 13.5 Å². The van der Waals surface area contributed by atoms with Crippen LogP contribution in [0.4, 0.5) is 0 Å². The number of hydrogen-bond donors (Lipinski definition) is 1. The van der Waals surface area contributed by atoms with Crippen molar-refractivity contribution >= 4 is 11.8 Å². The third-order valence-corrected chi connectivity index (χ3v) is 4.13. The fourth-order valence-corrected chi connectivity index (χ4v) is 3.06. The van der Waals surface area contributed by atoms with E-state index in [0.29, 0.717) is 0 Å². The summed E-state index contributed by atoms with van der Waals surface area (Å²) >= 11 is 2.09. The van der Waals surface area contributed by atoms with E-state index in [9.17, 15) is 0 Å². The molecule has 0 aromatic carbocycles. The quantitative estimate of drug-likeness (QED) is 0.719. The molecule has 0 aromatic heterocycles. The van der Waals surface area contributed by atoms with Gasteiger partial charge < -0.3 is 5.32 Å². The molecule has 0 radical (unpaired) electrons. The Morgan fingerprint density at radius 1 is 1.53 bits per heavy atom. The summed E-state index contributed by atoms with van der Waals surface area (Å²) < 4.78 is 0. The second-order valence-electron chi connectivity index (χ2n) is 4.82. The van der Waals surface area contributed by atoms with Gasteiger partial charge in [-0.05, 0) is 18.4 Å². The molecular formula is C12H22N2S. The second-order valence-corrected chi connectivity index (χ2v) is 6.37. The molecular weight excluding hydrogens is 204 g/mol. The van der Waals surface area contributed by atoms with Crippen LogP contribution in [0.3, 0.4) is 0 Å². The van der Waals surface area contributed by atoms with Crippen LogP contribution in [0.5, 0.6) is 0 Å². The third-order valence-electron chi connectivity index (χ3n) is 2.99. The number of nitrogens with zero attached hydrogens (tertiary/aromatic N) is 1. The Kier molecular flexibility index (Phi) is 4.12. The standard InChI is InChI=1S/C12H22N2S/c1-10(7-13-12-3-4-12)8-14-5-6-15-11(2)9-14/h11-13H,1,3-9H2,2H3. The highest BCUT2D eigenvalue weighted by molar-refractivity contribution is 7.99. The topological polar surface area (TPSA) is 15.3 Å². The van der Waals surface area contributed by atoms with E-state index in [1.54, 1.807) is 0 Å². The Bertz CT molecular complexity index is 226. The van der Waals surface area contributed by atoms with Gasteiger partial charge in [-0.3, -0.25) is 4.90 Å². The van der Waals surface area contributed by atoms with Crippen molar-refractivity contribution in [3.05, 3.63) is 12.2 Å². The molecule has 1 saturated heterocycles. The highest BCUT2D eigenvalue weighted by Crippen LogP contribution is 2.20. The van der Waals surface area contributed by atoms with E-state index < -0.39 is 0 Å². The third kappa shape index (κ3) is 4.17. The molecule has 3 heteroatoms. The number of rotatable bonds is 5. The lowest BCUT2D eigenvalue weighted by molar-refractivity contribution is 0.308. The summed E-state index contributed by atoms with van der Waals surface area (Å²) in [5, 5.41) is 4.32. The van der Waals surface area contributed by atoms with Crippen LogP contribution in [0.15, 0.2) is 12.2 Å². The minimum absolute atomic E-state index is 0.794. The van der Waals surface area contributed by atoms with Gasteiger partial charge in [-0.2, -0.15) is 11.8 Å². The Morgan fingerprint density at radius 2 is 2.33 bits per heavy atom. The van der Waals surface area contributed by atoms with Crippen molar-refractivity contribution in [1.82, 2.24) is 10.2 Å². The van der Waals surface area contributed by atoms with Gasteiger partial charge in [0.2, 0.25) is 0 Å². The van der Waals surface area contributed by atoms with Crippen molar-refractivity contribution in [2.45, 2.75) is 31.1 Å². The van der Waals surface area contributed by atoms with Crippen LogP contribution in [0.2, 0.25) is 0 Å². The molecule has 86 valence electrons. The molecule has 1 aliphatic carbocycles. The van der Waals surface area contributed by atoms with E-state index in [-0.39, 0.29) is 0 Å². The van der Waals surface area contributed by atoms with Gasteiger partial charge in [0.1, 0.15) is 0 Å². The largest absolute Gasteiger partial charge is 0.310 e. The average Bonchev–Trinajstić information content (AvgIpc) is 2.98. The first kappa shape index (κ1) is 11.5. The molecule has 0 amide bonds. The Labute approximate surface area is 97.5 Å². The molecule has 1 atom stereocenters. The summed E-state index contributed by atoms with van der Waals surface area (Å²) in [6.45, 7) is 11.1. The van der Waals surface area contributed by atoms with Gasteiger partial charge >= 0.3 is 0 Å². The summed E-state index contributed by atoms with van der Waals surface area (Å²) in [6, 6.07) is 0.803. The van der Waals surface area contributed by atoms with Gasteiger partial charge in [0.05, 0.1) is 0 Å². The van der Waals surface area contributed by atoms with Crippen LogP contribution in [0, 0.1) is 0 Å². The lowest BCUT2D eigenvalue weighted by atomic mass is 10.2. The molecule has 1 aliphatic heterocycles. The van der Waals surface area contributed by atoms with Crippen molar-refractivity contribution in [1.29, 1.82) is 0 Å². The minimum Gasteiger partial charge on any atom is -0.310 e. The molecule has 0 spiro atoms. The first-order chi connectivity index (χ1) is 7.24. The van der Waals surface area contributed by atoms with Crippen molar-refractivity contribution in [3.63, 3.8) is 0 Å².